The minimum atomic E-state index is -1.43. The number of rotatable bonds is 5. The van der Waals surface area contributed by atoms with Gasteiger partial charge >= 0.3 is 0 Å². The standard InChI is InChI=1S/C35H35NO2SSi/c1-35(38-22-37,39-19-18-24-20-25-21-26(40(2,3)4)13-17-33(25)36-34(24)39)32-11-7-10-28-30-14-12-23-8-5-6-9-27(23)29(30)15-16-31(28)32/h6-7,9-11,13,15-22,39H,5,8,12,14H2,1-4H3. The molecule has 0 radical (unpaired) electrons. The van der Waals surface area contributed by atoms with Gasteiger partial charge in [-0.2, -0.15) is 0 Å². The average Bonchev–Trinajstić information content (AvgIpc) is 3.38. The van der Waals surface area contributed by atoms with E-state index in [1.807, 2.05) is 0 Å². The summed E-state index contributed by atoms with van der Waals surface area (Å²) in [4.78, 5) is 16.4. The highest BCUT2D eigenvalue weighted by molar-refractivity contribution is 8.20. The van der Waals surface area contributed by atoms with E-state index in [0.717, 1.165) is 40.9 Å². The van der Waals surface area contributed by atoms with Crippen molar-refractivity contribution in [3.63, 3.8) is 0 Å². The molecule has 1 aliphatic heterocycles. The summed E-state index contributed by atoms with van der Waals surface area (Å²) < 4.78 is 6.11. The van der Waals surface area contributed by atoms with Gasteiger partial charge in [0.1, 0.15) is 0 Å². The van der Waals surface area contributed by atoms with Crippen LogP contribution in [0.15, 0.2) is 82.8 Å². The van der Waals surface area contributed by atoms with Gasteiger partial charge in [-0.15, -0.1) is 10.9 Å². The first-order valence-electron chi connectivity index (χ1n) is 14.3. The maximum Gasteiger partial charge on any atom is 0.294 e. The zero-order valence-corrected chi connectivity index (χ0v) is 25.5. The number of carbonyl (C=O) groups excluding carboxylic acids is 1. The maximum atomic E-state index is 12.1. The number of thiol groups is 1. The molecule has 3 aliphatic rings. The lowest BCUT2D eigenvalue weighted by atomic mass is 9.79. The Labute approximate surface area is 240 Å². The molecule has 0 amide bonds. The van der Waals surface area contributed by atoms with E-state index in [9.17, 15) is 4.79 Å². The van der Waals surface area contributed by atoms with Crippen molar-refractivity contribution in [3.8, 4) is 0 Å². The molecule has 3 nitrogen and oxygen atoms in total. The van der Waals surface area contributed by atoms with Gasteiger partial charge < -0.3 is 4.74 Å². The minimum absolute atomic E-state index is 0.622. The topological polar surface area (TPSA) is 39.2 Å². The molecule has 0 N–H and O–H groups in total. The fourth-order valence-electron chi connectivity index (χ4n) is 6.75. The molecule has 0 spiro atoms. The van der Waals surface area contributed by atoms with Gasteiger partial charge in [0.25, 0.3) is 6.47 Å². The summed E-state index contributed by atoms with van der Waals surface area (Å²) >= 11 is 0. The second-order valence-electron chi connectivity index (χ2n) is 12.4. The zero-order valence-electron chi connectivity index (χ0n) is 23.6. The fourth-order valence-corrected chi connectivity index (χ4v) is 10.3. The number of aromatic nitrogens is 1. The summed E-state index contributed by atoms with van der Waals surface area (Å²) in [7, 11) is -2.47. The Kier molecular flexibility index (Phi) is 5.95. The molecule has 2 aliphatic carbocycles. The molecule has 2 atom stereocenters. The number of carbonyl (C=O) groups is 1. The summed E-state index contributed by atoms with van der Waals surface area (Å²) in [5, 5.41) is 8.32. The van der Waals surface area contributed by atoms with E-state index in [1.165, 1.54) is 44.5 Å². The van der Waals surface area contributed by atoms with Crippen LogP contribution in [0.2, 0.25) is 19.6 Å². The fraction of sp³-hybridized carbons (Fsp3) is 0.257. The Hall–Kier alpha value is -3.41. The number of hydrogen-bond acceptors (Lipinski definition) is 3. The molecule has 0 bridgehead atoms. The third kappa shape index (κ3) is 3.93. The van der Waals surface area contributed by atoms with Crippen molar-refractivity contribution < 1.29 is 9.53 Å². The highest BCUT2D eigenvalue weighted by Gasteiger charge is 2.40. The molecule has 7 rings (SSSR count). The van der Waals surface area contributed by atoms with Crippen molar-refractivity contribution in [3.05, 3.63) is 100.0 Å². The van der Waals surface area contributed by atoms with E-state index >= 15 is 0 Å². The second kappa shape index (κ2) is 9.32. The number of ether oxygens (including phenoxy) is 1. The average molecular weight is 562 g/mol. The van der Waals surface area contributed by atoms with E-state index in [-0.39, 0.29) is 0 Å². The van der Waals surface area contributed by atoms with Crippen molar-refractivity contribution in [2.75, 3.05) is 0 Å². The predicted molar refractivity (Wildman–Crippen MR) is 173 cm³/mol. The molecule has 40 heavy (non-hydrogen) atoms. The quantitative estimate of drug-likeness (QED) is 0.151. The second-order valence-corrected chi connectivity index (χ2v) is 19.8. The lowest BCUT2D eigenvalue weighted by molar-refractivity contribution is -0.135. The van der Waals surface area contributed by atoms with Crippen LogP contribution in [0.4, 0.5) is 0 Å². The Morgan fingerprint density at radius 3 is 2.67 bits per heavy atom. The number of pyridine rings is 1. The van der Waals surface area contributed by atoms with E-state index < -0.39 is 23.9 Å². The number of fused-ring (bicyclic) bond motifs is 6. The van der Waals surface area contributed by atoms with Gasteiger partial charge in [0, 0.05) is 16.5 Å². The van der Waals surface area contributed by atoms with Crippen LogP contribution in [0.3, 0.4) is 0 Å². The van der Waals surface area contributed by atoms with Gasteiger partial charge in [0.2, 0.25) is 0 Å². The Morgan fingerprint density at radius 2 is 1.85 bits per heavy atom. The molecule has 0 fully saturated rings. The Balaban J connectivity index is 1.37. The van der Waals surface area contributed by atoms with E-state index in [4.69, 9.17) is 9.72 Å². The van der Waals surface area contributed by atoms with Gasteiger partial charge in [-0.3, -0.25) is 4.79 Å². The molecule has 0 saturated heterocycles. The number of hydrogen-bond donors (Lipinski definition) is 1. The molecular formula is C35H35NO2SSi. The Morgan fingerprint density at radius 1 is 0.975 bits per heavy atom. The van der Waals surface area contributed by atoms with Crippen molar-refractivity contribution in [2.45, 2.75) is 62.2 Å². The predicted octanol–water partition coefficient (Wildman–Crippen LogP) is 8.37. The normalized spacial score (nSPS) is 20.2. The van der Waals surface area contributed by atoms with E-state index in [2.05, 4.69) is 105 Å². The minimum Gasteiger partial charge on any atom is -0.447 e. The monoisotopic (exact) mass is 561 g/mol. The molecule has 3 aromatic carbocycles. The van der Waals surface area contributed by atoms with Crippen LogP contribution in [-0.2, 0) is 20.9 Å². The SMILES string of the molecule is CC(OC=O)(c1cccc2c3c(ccc12)C1=C(CCC=C1)CC3)[SH]1C=Cc2cc3cc([Si](C)(C)C)ccc3nc21. The summed E-state index contributed by atoms with van der Waals surface area (Å²) in [6, 6.07) is 20.1. The van der Waals surface area contributed by atoms with E-state index in [1.54, 1.807) is 5.57 Å². The first-order valence-corrected chi connectivity index (χ1v) is 19.2. The molecule has 0 saturated carbocycles. The summed E-state index contributed by atoms with van der Waals surface area (Å²) in [5.41, 5.74) is 8.97. The highest BCUT2D eigenvalue weighted by atomic mass is 32.2. The van der Waals surface area contributed by atoms with Crippen LogP contribution in [-0.4, -0.2) is 19.5 Å². The first-order chi connectivity index (χ1) is 19.3. The molecule has 4 aromatic rings. The lowest BCUT2D eigenvalue weighted by Crippen LogP contribution is -2.37. The van der Waals surface area contributed by atoms with Crippen molar-refractivity contribution in [1.29, 1.82) is 0 Å². The maximum absolute atomic E-state index is 12.1. The highest BCUT2D eigenvalue weighted by Crippen LogP contribution is 2.60. The summed E-state index contributed by atoms with van der Waals surface area (Å²) in [6.45, 7) is 9.82. The number of nitrogens with zero attached hydrogens (tertiary/aromatic N) is 1. The summed E-state index contributed by atoms with van der Waals surface area (Å²) in [5.74, 6) is 0. The first kappa shape index (κ1) is 25.5. The molecule has 5 heteroatoms. The van der Waals surface area contributed by atoms with Crippen LogP contribution < -0.4 is 5.19 Å². The molecule has 2 unspecified atom stereocenters. The van der Waals surface area contributed by atoms with Gasteiger partial charge in [0.15, 0.2) is 4.93 Å². The van der Waals surface area contributed by atoms with Crippen LogP contribution in [0.5, 0.6) is 0 Å². The zero-order chi connectivity index (χ0) is 27.6. The molecule has 1 aromatic heterocycles. The van der Waals surface area contributed by atoms with Gasteiger partial charge in [-0.1, -0.05) is 85.0 Å². The van der Waals surface area contributed by atoms with Crippen molar-refractivity contribution in [2.24, 2.45) is 0 Å². The Bertz CT molecular complexity index is 1810. The van der Waals surface area contributed by atoms with Crippen LogP contribution in [0.25, 0.3) is 33.3 Å². The number of allylic oxidation sites excluding steroid dienone is 4. The van der Waals surface area contributed by atoms with Crippen LogP contribution >= 0.6 is 10.9 Å². The van der Waals surface area contributed by atoms with Crippen molar-refractivity contribution >= 4 is 64.0 Å². The summed E-state index contributed by atoms with van der Waals surface area (Å²) in [6.07, 6.45) is 11.3. The van der Waals surface area contributed by atoms with Crippen molar-refractivity contribution in [1.82, 2.24) is 4.98 Å². The smallest absolute Gasteiger partial charge is 0.294 e. The third-order valence-electron chi connectivity index (χ3n) is 8.98. The van der Waals surface area contributed by atoms with Crippen LogP contribution in [0.1, 0.15) is 48.4 Å². The largest absolute Gasteiger partial charge is 0.447 e. The number of benzene rings is 3. The van der Waals surface area contributed by atoms with Gasteiger partial charge in [0.05, 0.1) is 18.6 Å². The molecular weight excluding hydrogens is 527 g/mol. The number of aryl methyl sites for hydroxylation is 1. The molecule has 2 heterocycles. The van der Waals surface area contributed by atoms with Crippen LogP contribution in [0, 0.1) is 0 Å². The third-order valence-corrected chi connectivity index (χ3v) is 13.5. The van der Waals surface area contributed by atoms with Gasteiger partial charge in [-0.05, 0) is 83.7 Å². The molecule has 202 valence electrons. The van der Waals surface area contributed by atoms with Gasteiger partial charge in [-0.25, -0.2) is 4.98 Å². The van der Waals surface area contributed by atoms with E-state index in [0.29, 0.717) is 6.47 Å². The lowest BCUT2D eigenvalue weighted by Gasteiger charge is -2.37.